The zero-order chi connectivity index (χ0) is 11.8. The fraction of sp³-hybridized carbons (Fsp3) is 0.364. The lowest BCUT2D eigenvalue weighted by Gasteiger charge is -2.23. The second-order valence-corrected chi connectivity index (χ2v) is 4.48. The Morgan fingerprint density at radius 1 is 1.44 bits per heavy atom. The Morgan fingerprint density at radius 3 is 2.62 bits per heavy atom. The van der Waals surface area contributed by atoms with Crippen LogP contribution >= 0.6 is 15.9 Å². The van der Waals surface area contributed by atoms with E-state index in [4.69, 9.17) is 9.47 Å². The summed E-state index contributed by atoms with van der Waals surface area (Å²) in [6.07, 6.45) is 0.474. The Hall–Kier alpha value is -0.780. The highest BCUT2D eigenvalue weighted by atomic mass is 79.9. The van der Waals surface area contributed by atoms with Gasteiger partial charge >= 0.3 is 0 Å². The first kappa shape index (κ1) is 11.7. The highest BCUT2D eigenvalue weighted by Gasteiger charge is 2.34. The Labute approximate surface area is 101 Å². The lowest BCUT2D eigenvalue weighted by atomic mass is 10.0. The first-order valence-electron chi connectivity index (χ1n) is 4.79. The SMILES string of the molecule is CC1(c2cc(Br)c(F)c(C=O)c2)OCCO1. The van der Waals surface area contributed by atoms with Crippen LogP contribution in [0.2, 0.25) is 0 Å². The van der Waals surface area contributed by atoms with Gasteiger partial charge in [0, 0.05) is 5.56 Å². The lowest BCUT2D eigenvalue weighted by molar-refractivity contribution is -0.149. The minimum Gasteiger partial charge on any atom is -0.344 e. The Bertz CT molecular complexity index is 427. The third-order valence-corrected chi connectivity index (χ3v) is 3.12. The molecule has 0 unspecified atom stereocenters. The van der Waals surface area contributed by atoms with E-state index < -0.39 is 11.6 Å². The van der Waals surface area contributed by atoms with Crippen LogP contribution < -0.4 is 0 Å². The molecule has 1 aromatic rings. The smallest absolute Gasteiger partial charge is 0.192 e. The number of aldehydes is 1. The number of hydrogen-bond donors (Lipinski definition) is 0. The van der Waals surface area contributed by atoms with Crippen molar-refractivity contribution in [1.82, 2.24) is 0 Å². The fourth-order valence-corrected chi connectivity index (χ4v) is 2.12. The minimum absolute atomic E-state index is 0.00954. The van der Waals surface area contributed by atoms with Crippen molar-refractivity contribution in [2.45, 2.75) is 12.7 Å². The number of carbonyl (C=O) groups is 1. The van der Waals surface area contributed by atoms with E-state index in [1.54, 1.807) is 13.0 Å². The van der Waals surface area contributed by atoms with Gasteiger partial charge in [0.1, 0.15) is 5.82 Å². The second kappa shape index (κ2) is 4.24. The maximum absolute atomic E-state index is 13.4. The van der Waals surface area contributed by atoms with Gasteiger partial charge in [0.25, 0.3) is 0 Å². The Kier molecular flexibility index (Phi) is 3.10. The summed E-state index contributed by atoms with van der Waals surface area (Å²) in [7, 11) is 0. The van der Waals surface area contributed by atoms with Crippen LogP contribution in [-0.4, -0.2) is 19.5 Å². The maximum Gasteiger partial charge on any atom is 0.192 e. The van der Waals surface area contributed by atoms with Crippen LogP contribution in [0.1, 0.15) is 22.8 Å². The maximum atomic E-state index is 13.4. The van der Waals surface area contributed by atoms with Crippen molar-refractivity contribution < 1.29 is 18.7 Å². The average molecular weight is 289 g/mol. The molecular formula is C11H10BrFO3. The zero-order valence-corrected chi connectivity index (χ0v) is 10.2. The van der Waals surface area contributed by atoms with Crippen LogP contribution in [0.4, 0.5) is 4.39 Å². The van der Waals surface area contributed by atoms with E-state index in [9.17, 15) is 9.18 Å². The van der Waals surface area contributed by atoms with Gasteiger partial charge in [-0.25, -0.2) is 4.39 Å². The molecule has 1 aliphatic heterocycles. The van der Waals surface area contributed by atoms with Gasteiger partial charge in [0.15, 0.2) is 12.1 Å². The van der Waals surface area contributed by atoms with Crippen LogP contribution in [0, 0.1) is 5.82 Å². The van der Waals surface area contributed by atoms with E-state index in [0.717, 1.165) is 0 Å². The predicted molar refractivity (Wildman–Crippen MR) is 58.7 cm³/mol. The molecule has 0 N–H and O–H groups in total. The summed E-state index contributed by atoms with van der Waals surface area (Å²) in [6.45, 7) is 2.72. The lowest BCUT2D eigenvalue weighted by Crippen LogP contribution is -2.22. The summed E-state index contributed by atoms with van der Waals surface area (Å²) >= 11 is 3.06. The van der Waals surface area contributed by atoms with E-state index in [-0.39, 0.29) is 10.0 Å². The molecule has 5 heteroatoms. The average Bonchev–Trinajstić information content (AvgIpc) is 2.70. The van der Waals surface area contributed by atoms with Crippen molar-refractivity contribution >= 4 is 22.2 Å². The van der Waals surface area contributed by atoms with E-state index in [2.05, 4.69) is 15.9 Å². The van der Waals surface area contributed by atoms with Gasteiger partial charge in [-0.15, -0.1) is 0 Å². The number of halogens is 2. The highest BCUT2D eigenvalue weighted by molar-refractivity contribution is 9.10. The largest absolute Gasteiger partial charge is 0.344 e. The number of carbonyl (C=O) groups excluding carboxylic acids is 1. The van der Waals surface area contributed by atoms with Gasteiger partial charge in [-0.3, -0.25) is 4.79 Å². The number of benzene rings is 1. The molecular weight excluding hydrogens is 279 g/mol. The van der Waals surface area contributed by atoms with Crippen LogP contribution in [-0.2, 0) is 15.3 Å². The van der Waals surface area contributed by atoms with Gasteiger partial charge in [0.05, 0.1) is 23.2 Å². The molecule has 3 nitrogen and oxygen atoms in total. The van der Waals surface area contributed by atoms with E-state index >= 15 is 0 Å². The molecule has 86 valence electrons. The molecule has 1 aromatic carbocycles. The van der Waals surface area contributed by atoms with Crippen LogP contribution in [0.15, 0.2) is 16.6 Å². The molecule has 1 saturated heterocycles. The zero-order valence-electron chi connectivity index (χ0n) is 8.63. The normalized spacial score (nSPS) is 18.7. The summed E-state index contributed by atoms with van der Waals surface area (Å²) in [5, 5.41) is 0. The first-order valence-corrected chi connectivity index (χ1v) is 5.59. The summed E-state index contributed by atoms with van der Waals surface area (Å²) in [5.74, 6) is -1.46. The second-order valence-electron chi connectivity index (χ2n) is 3.62. The molecule has 0 spiro atoms. The topological polar surface area (TPSA) is 35.5 Å². The van der Waals surface area contributed by atoms with E-state index in [1.165, 1.54) is 6.07 Å². The number of rotatable bonds is 2. The molecule has 16 heavy (non-hydrogen) atoms. The van der Waals surface area contributed by atoms with Gasteiger partial charge < -0.3 is 9.47 Å². The standard InChI is InChI=1S/C11H10BrFO3/c1-11(15-2-3-16-11)8-4-7(6-14)10(13)9(12)5-8/h4-6H,2-3H2,1H3. The van der Waals surface area contributed by atoms with Crippen LogP contribution in [0.5, 0.6) is 0 Å². The van der Waals surface area contributed by atoms with Crippen LogP contribution in [0.25, 0.3) is 0 Å². The molecule has 0 aliphatic carbocycles. The molecule has 1 fully saturated rings. The molecule has 1 aliphatic rings. The third-order valence-electron chi connectivity index (χ3n) is 2.55. The van der Waals surface area contributed by atoms with Gasteiger partial charge in [0.2, 0.25) is 0 Å². The van der Waals surface area contributed by atoms with E-state index in [0.29, 0.717) is 25.1 Å². The first-order chi connectivity index (χ1) is 7.57. The molecule has 0 aromatic heterocycles. The Balaban J connectivity index is 2.49. The summed E-state index contributed by atoms with van der Waals surface area (Å²) < 4.78 is 24.5. The fourth-order valence-electron chi connectivity index (χ4n) is 1.64. The van der Waals surface area contributed by atoms with Gasteiger partial charge in [-0.2, -0.15) is 0 Å². The molecule has 0 saturated carbocycles. The summed E-state index contributed by atoms with van der Waals surface area (Å²) in [6, 6.07) is 3.01. The molecule has 0 atom stereocenters. The van der Waals surface area contributed by atoms with Crippen molar-refractivity contribution in [3.05, 3.63) is 33.5 Å². The van der Waals surface area contributed by atoms with Gasteiger partial charge in [-0.05, 0) is 35.0 Å². The molecule has 0 bridgehead atoms. The monoisotopic (exact) mass is 288 g/mol. The van der Waals surface area contributed by atoms with Crippen LogP contribution in [0.3, 0.4) is 0 Å². The summed E-state index contributed by atoms with van der Waals surface area (Å²) in [5.41, 5.74) is 0.616. The molecule has 0 amide bonds. The Morgan fingerprint density at radius 2 is 2.06 bits per heavy atom. The third kappa shape index (κ3) is 1.90. The van der Waals surface area contributed by atoms with E-state index in [1.807, 2.05) is 0 Å². The molecule has 1 heterocycles. The quantitative estimate of drug-likeness (QED) is 0.785. The number of ether oxygens (including phenoxy) is 2. The predicted octanol–water partition coefficient (Wildman–Crippen LogP) is 2.62. The van der Waals surface area contributed by atoms with Crippen molar-refractivity contribution in [3.8, 4) is 0 Å². The number of hydrogen-bond acceptors (Lipinski definition) is 3. The van der Waals surface area contributed by atoms with Crippen molar-refractivity contribution in [2.75, 3.05) is 13.2 Å². The highest BCUT2D eigenvalue weighted by Crippen LogP contribution is 2.34. The van der Waals surface area contributed by atoms with Crippen molar-refractivity contribution in [3.63, 3.8) is 0 Å². The van der Waals surface area contributed by atoms with Gasteiger partial charge in [-0.1, -0.05) is 0 Å². The van der Waals surface area contributed by atoms with Crippen molar-refractivity contribution in [1.29, 1.82) is 0 Å². The molecule has 0 radical (unpaired) electrons. The minimum atomic E-state index is -0.895. The molecule has 2 rings (SSSR count). The summed E-state index contributed by atoms with van der Waals surface area (Å²) in [4.78, 5) is 10.7. The van der Waals surface area contributed by atoms with Crippen molar-refractivity contribution in [2.24, 2.45) is 0 Å².